The molecule has 2 aromatic rings. The summed E-state index contributed by atoms with van der Waals surface area (Å²) in [4.78, 5) is 0. The quantitative estimate of drug-likeness (QED) is 0.556. The Morgan fingerprint density at radius 2 is 2.10 bits per heavy atom. The van der Waals surface area contributed by atoms with Crippen molar-refractivity contribution in [3.05, 3.63) is 66.1 Å². The van der Waals surface area contributed by atoms with Crippen LogP contribution >= 0.6 is 0 Å². The van der Waals surface area contributed by atoms with Gasteiger partial charge in [0, 0.05) is 5.56 Å². The molecule has 1 heterocycles. The van der Waals surface area contributed by atoms with Crippen LogP contribution in [0.3, 0.4) is 0 Å². The molecule has 21 heavy (non-hydrogen) atoms. The van der Waals surface area contributed by atoms with Crippen molar-refractivity contribution < 1.29 is 9.15 Å². The molecule has 0 amide bonds. The summed E-state index contributed by atoms with van der Waals surface area (Å²) >= 11 is 0. The molecule has 3 nitrogen and oxygen atoms in total. The molecule has 2 rings (SSSR count). The van der Waals surface area contributed by atoms with Crippen molar-refractivity contribution in [2.45, 2.75) is 32.9 Å². The highest BCUT2D eigenvalue weighted by Crippen LogP contribution is 2.21. The van der Waals surface area contributed by atoms with Crippen LogP contribution in [0.1, 0.15) is 30.2 Å². The number of benzene rings is 1. The Kier molecular flexibility index (Phi) is 6.10. The van der Waals surface area contributed by atoms with Gasteiger partial charge in [0.2, 0.25) is 0 Å². The predicted octanol–water partition coefficient (Wildman–Crippen LogP) is 4.09. The molecule has 1 aromatic carbocycles. The zero-order chi connectivity index (χ0) is 14.9. The highest BCUT2D eigenvalue weighted by molar-refractivity contribution is 5.35. The van der Waals surface area contributed by atoms with Gasteiger partial charge in [-0.3, -0.25) is 0 Å². The molecule has 0 aliphatic heterocycles. The number of rotatable bonds is 9. The molecule has 1 aromatic heterocycles. The fraction of sp³-hybridized carbons (Fsp3) is 0.333. The lowest BCUT2D eigenvalue weighted by Gasteiger charge is -2.10. The van der Waals surface area contributed by atoms with Crippen LogP contribution in [-0.2, 0) is 19.6 Å². The maximum absolute atomic E-state index is 5.95. The van der Waals surface area contributed by atoms with Gasteiger partial charge in [0.15, 0.2) is 0 Å². The number of hydrogen-bond acceptors (Lipinski definition) is 3. The van der Waals surface area contributed by atoms with Crippen LogP contribution in [-0.4, -0.2) is 6.54 Å². The fourth-order valence-electron chi connectivity index (χ4n) is 2.15. The van der Waals surface area contributed by atoms with Crippen LogP contribution in [0.25, 0.3) is 0 Å². The Morgan fingerprint density at radius 3 is 2.90 bits per heavy atom. The molecule has 0 saturated carbocycles. The van der Waals surface area contributed by atoms with Gasteiger partial charge in [0.05, 0.1) is 12.8 Å². The summed E-state index contributed by atoms with van der Waals surface area (Å²) in [6, 6.07) is 10.0. The minimum atomic E-state index is 0.522. The summed E-state index contributed by atoms with van der Waals surface area (Å²) in [7, 11) is 0. The molecule has 0 aliphatic rings. The molecule has 3 heteroatoms. The highest BCUT2D eigenvalue weighted by atomic mass is 16.5. The van der Waals surface area contributed by atoms with Gasteiger partial charge in [-0.2, -0.15) is 0 Å². The molecule has 0 atom stereocenters. The van der Waals surface area contributed by atoms with Crippen molar-refractivity contribution in [2.24, 2.45) is 0 Å². The van der Waals surface area contributed by atoms with E-state index in [1.165, 1.54) is 0 Å². The second-order valence-electron chi connectivity index (χ2n) is 4.93. The Morgan fingerprint density at radius 1 is 1.24 bits per heavy atom. The van der Waals surface area contributed by atoms with Crippen LogP contribution < -0.4 is 10.1 Å². The number of hydrogen-bond donors (Lipinski definition) is 1. The largest absolute Gasteiger partial charge is 0.488 e. The smallest absolute Gasteiger partial charge is 0.124 e. The maximum atomic E-state index is 5.95. The van der Waals surface area contributed by atoms with E-state index in [1.807, 2.05) is 30.3 Å². The van der Waals surface area contributed by atoms with E-state index >= 15 is 0 Å². The van der Waals surface area contributed by atoms with E-state index in [9.17, 15) is 0 Å². The summed E-state index contributed by atoms with van der Waals surface area (Å²) in [6.45, 7) is 8.19. The molecular weight excluding hydrogens is 262 g/mol. The molecule has 0 spiro atoms. The normalized spacial score (nSPS) is 10.5. The van der Waals surface area contributed by atoms with E-state index in [0.717, 1.165) is 48.6 Å². The summed E-state index contributed by atoms with van der Waals surface area (Å²) in [6.07, 6.45) is 5.53. The van der Waals surface area contributed by atoms with Crippen LogP contribution in [0.4, 0.5) is 0 Å². The second kappa shape index (κ2) is 8.32. The standard InChI is InChI=1S/C18H23NO2/c1-3-7-15-8-5-6-9-17(15)21-14-16-10-12-20-18(16)13-19-11-4-2/h3,5-6,8-10,12,19H,1,4,7,11,13-14H2,2H3. The first-order valence-corrected chi connectivity index (χ1v) is 7.42. The molecule has 0 saturated heterocycles. The minimum absolute atomic E-state index is 0.522. The zero-order valence-electron chi connectivity index (χ0n) is 12.6. The van der Waals surface area contributed by atoms with Gasteiger partial charge in [-0.1, -0.05) is 31.2 Å². The fourth-order valence-corrected chi connectivity index (χ4v) is 2.15. The van der Waals surface area contributed by atoms with Crippen molar-refractivity contribution in [2.75, 3.05) is 6.54 Å². The summed E-state index contributed by atoms with van der Waals surface area (Å²) in [5.41, 5.74) is 2.24. The zero-order valence-corrected chi connectivity index (χ0v) is 12.6. The van der Waals surface area contributed by atoms with E-state index < -0.39 is 0 Å². The summed E-state index contributed by atoms with van der Waals surface area (Å²) in [5, 5.41) is 3.35. The Bertz CT molecular complexity index is 560. The van der Waals surface area contributed by atoms with Crippen LogP contribution in [0.5, 0.6) is 5.75 Å². The number of furan rings is 1. The minimum Gasteiger partial charge on any atom is -0.488 e. The molecular formula is C18H23NO2. The lowest BCUT2D eigenvalue weighted by atomic mass is 10.1. The third-order valence-electron chi connectivity index (χ3n) is 3.27. The summed E-state index contributed by atoms with van der Waals surface area (Å²) in [5.74, 6) is 1.86. The average Bonchev–Trinajstić information content (AvgIpc) is 2.94. The number of para-hydroxylation sites is 1. The molecule has 112 valence electrons. The molecule has 0 radical (unpaired) electrons. The number of allylic oxidation sites excluding steroid dienone is 1. The van der Waals surface area contributed by atoms with E-state index in [2.05, 4.69) is 24.9 Å². The second-order valence-corrected chi connectivity index (χ2v) is 4.93. The van der Waals surface area contributed by atoms with E-state index in [1.54, 1.807) is 6.26 Å². The molecule has 1 N–H and O–H groups in total. The van der Waals surface area contributed by atoms with Gasteiger partial charge in [-0.15, -0.1) is 6.58 Å². The van der Waals surface area contributed by atoms with Crippen LogP contribution in [0, 0.1) is 0 Å². The van der Waals surface area contributed by atoms with Crippen molar-refractivity contribution in [1.29, 1.82) is 0 Å². The van der Waals surface area contributed by atoms with Gasteiger partial charge in [-0.25, -0.2) is 0 Å². The van der Waals surface area contributed by atoms with E-state index in [0.29, 0.717) is 6.61 Å². The van der Waals surface area contributed by atoms with E-state index in [-0.39, 0.29) is 0 Å². The van der Waals surface area contributed by atoms with Gasteiger partial charge >= 0.3 is 0 Å². The predicted molar refractivity (Wildman–Crippen MR) is 85.4 cm³/mol. The first-order valence-electron chi connectivity index (χ1n) is 7.42. The summed E-state index contributed by atoms with van der Waals surface area (Å²) < 4.78 is 11.5. The first kappa shape index (κ1) is 15.4. The lowest BCUT2D eigenvalue weighted by Crippen LogP contribution is -2.14. The first-order chi connectivity index (χ1) is 10.3. The molecule has 0 fully saturated rings. The van der Waals surface area contributed by atoms with E-state index in [4.69, 9.17) is 9.15 Å². The van der Waals surface area contributed by atoms with Crippen LogP contribution in [0.15, 0.2) is 53.7 Å². The number of nitrogens with one attached hydrogen (secondary N) is 1. The van der Waals surface area contributed by atoms with Crippen molar-refractivity contribution >= 4 is 0 Å². The van der Waals surface area contributed by atoms with Gasteiger partial charge in [-0.05, 0) is 37.1 Å². The monoisotopic (exact) mass is 285 g/mol. The number of ether oxygens (including phenoxy) is 1. The third kappa shape index (κ3) is 4.50. The van der Waals surface area contributed by atoms with Gasteiger partial charge in [0.1, 0.15) is 18.1 Å². The topological polar surface area (TPSA) is 34.4 Å². The van der Waals surface area contributed by atoms with Gasteiger partial charge < -0.3 is 14.5 Å². The Hall–Kier alpha value is -2.00. The maximum Gasteiger partial charge on any atom is 0.124 e. The van der Waals surface area contributed by atoms with Crippen molar-refractivity contribution in [1.82, 2.24) is 5.32 Å². The van der Waals surface area contributed by atoms with Gasteiger partial charge in [0.25, 0.3) is 0 Å². The third-order valence-corrected chi connectivity index (χ3v) is 3.27. The molecule has 0 aliphatic carbocycles. The Balaban J connectivity index is 1.97. The Labute approximate surface area is 126 Å². The SMILES string of the molecule is C=CCc1ccccc1OCc1ccoc1CNCCC. The highest BCUT2D eigenvalue weighted by Gasteiger charge is 2.08. The average molecular weight is 285 g/mol. The molecule has 0 unspecified atom stereocenters. The molecule has 0 bridgehead atoms. The van der Waals surface area contributed by atoms with Crippen molar-refractivity contribution in [3.63, 3.8) is 0 Å². The lowest BCUT2D eigenvalue weighted by molar-refractivity contribution is 0.298. The van der Waals surface area contributed by atoms with Crippen LogP contribution in [0.2, 0.25) is 0 Å². The van der Waals surface area contributed by atoms with Crippen molar-refractivity contribution in [3.8, 4) is 5.75 Å².